The molecule has 0 heterocycles. The van der Waals surface area contributed by atoms with Crippen LogP contribution in [0.4, 0.5) is 0 Å². The van der Waals surface area contributed by atoms with Crippen LogP contribution in [-0.4, -0.2) is 11.7 Å². The molecule has 16 heavy (non-hydrogen) atoms. The smallest absolute Gasteiger partial charge is 0.0614 e. The Bertz CT molecular complexity index is 265. The summed E-state index contributed by atoms with van der Waals surface area (Å²) in [7, 11) is 0. The van der Waals surface area contributed by atoms with Crippen LogP contribution in [0.2, 0.25) is 0 Å². The highest BCUT2D eigenvalue weighted by Gasteiger charge is 1.92. The van der Waals surface area contributed by atoms with Crippen LogP contribution in [0.25, 0.3) is 0 Å². The van der Waals surface area contributed by atoms with Gasteiger partial charge in [0.05, 0.1) is 6.61 Å². The number of hydrogen-bond donors (Lipinski definition) is 1. The van der Waals surface area contributed by atoms with Crippen molar-refractivity contribution in [3.63, 3.8) is 0 Å². The fraction of sp³-hybridized carbons (Fsp3) is 0.600. The van der Waals surface area contributed by atoms with E-state index in [4.69, 9.17) is 5.11 Å². The van der Waals surface area contributed by atoms with Crippen molar-refractivity contribution in [2.45, 2.75) is 53.4 Å². The molecule has 0 aliphatic carbocycles. The Hall–Kier alpha value is -0.820. The number of aliphatic hydroxyl groups excluding tert-OH is 1. The largest absolute Gasteiger partial charge is 0.392 e. The quantitative estimate of drug-likeness (QED) is 0.633. The van der Waals surface area contributed by atoms with Gasteiger partial charge in [0.2, 0.25) is 0 Å². The Kier molecular flexibility index (Phi) is 8.93. The van der Waals surface area contributed by atoms with Gasteiger partial charge in [0.15, 0.2) is 0 Å². The van der Waals surface area contributed by atoms with Crippen LogP contribution in [0.1, 0.15) is 53.4 Å². The summed E-state index contributed by atoms with van der Waals surface area (Å²) in [6, 6.07) is 0. The summed E-state index contributed by atoms with van der Waals surface area (Å²) in [5.41, 5.74) is 4.14. The molecule has 0 fully saturated rings. The minimum Gasteiger partial charge on any atom is -0.392 e. The average Bonchev–Trinajstić information content (AvgIpc) is 2.17. The van der Waals surface area contributed by atoms with Crippen LogP contribution in [0.15, 0.2) is 34.9 Å². The minimum atomic E-state index is 0.168. The molecule has 1 heteroatoms. The third kappa shape index (κ3) is 9.72. The Morgan fingerprint density at radius 1 is 0.875 bits per heavy atom. The number of hydrogen-bond acceptors (Lipinski definition) is 1. The summed E-state index contributed by atoms with van der Waals surface area (Å²) in [6.45, 7) is 8.71. The molecule has 0 aromatic rings. The first-order chi connectivity index (χ1) is 7.56. The van der Waals surface area contributed by atoms with Crippen LogP contribution in [0.3, 0.4) is 0 Å². The van der Waals surface area contributed by atoms with E-state index in [0.717, 1.165) is 19.3 Å². The second-order valence-electron chi connectivity index (χ2n) is 4.65. The van der Waals surface area contributed by atoms with E-state index in [0.29, 0.717) is 0 Å². The third-order valence-electron chi connectivity index (χ3n) is 2.57. The second-order valence-corrected chi connectivity index (χ2v) is 4.65. The zero-order valence-corrected chi connectivity index (χ0v) is 11.2. The molecular weight excluding hydrogens is 196 g/mol. The van der Waals surface area contributed by atoms with Gasteiger partial charge in [-0.25, -0.2) is 0 Å². The highest BCUT2D eigenvalue weighted by atomic mass is 16.2. The molecule has 0 unspecified atom stereocenters. The van der Waals surface area contributed by atoms with Crippen LogP contribution in [-0.2, 0) is 0 Å². The van der Waals surface area contributed by atoms with Gasteiger partial charge in [-0.1, -0.05) is 34.9 Å². The van der Waals surface area contributed by atoms with E-state index in [-0.39, 0.29) is 6.61 Å². The SMILES string of the molecule is CC(C)=CC/C=C(\C)CCC/C(C)=C/CO. The lowest BCUT2D eigenvalue weighted by molar-refractivity contribution is 0.341. The lowest BCUT2D eigenvalue weighted by atomic mass is 10.0. The highest BCUT2D eigenvalue weighted by molar-refractivity contribution is 5.06. The van der Waals surface area contributed by atoms with E-state index in [1.807, 2.05) is 6.08 Å². The summed E-state index contributed by atoms with van der Waals surface area (Å²) < 4.78 is 0. The van der Waals surface area contributed by atoms with Gasteiger partial charge in [-0.15, -0.1) is 0 Å². The van der Waals surface area contributed by atoms with Crippen molar-refractivity contribution in [1.82, 2.24) is 0 Å². The maximum Gasteiger partial charge on any atom is 0.0614 e. The number of aliphatic hydroxyl groups is 1. The van der Waals surface area contributed by atoms with E-state index in [2.05, 4.69) is 39.8 Å². The second kappa shape index (κ2) is 9.41. The molecule has 0 saturated carbocycles. The van der Waals surface area contributed by atoms with Crippen LogP contribution in [0, 0.1) is 0 Å². The number of rotatable bonds is 7. The first kappa shape index (κ1) is 15.2. The van der Waals surface area contributed by atoms with Crippen molar-refractivity contribution in [3.8, 4) is 0 Å². The Labute approximate surface area is 101 Å². The molecule has 0 bridgehead atoms. The summed E-state index contributed by atoms with van der Waals surface area (Å²) >= 11 is 0. The average molecular weight is 222 g/mol. The maximum absolute atomic E-state index is 8.72. The van der Waals surface area contributed by atoms with Crippen molar-refractivity contribution in [3.05, 3.63) is 34.9 Å². The molecule has 0 aliphatic rings. The first-order valence-corrected chi connectivity index (χ1v) is 6.11. The Balaban J connectivity index is 3.76. The molecule has 0 aromatic carbocycles. The minimum absolute atomic E-state index is 0.168. The van der Waals surface area contributed by atoms with Crippen molar-refractivity contribution >= 4 is 0 Å². The molecule has 0 rings (SSSR count). The van der Waals surface area contributed by atoms with E-state index >= 15 is 0 Å². The summed E-state index contributed by atoms with van der Waals surface area (Å²) in [5, 5.41) is 8.72. The van der Waals surface area contributed by atoms with E-state index < -0.39 is 0 Å². The molecule has 0 radical (unpaired) electrons. The van der Waals surface area contributed by atoms with Gasteiger partial charge in [-0.2, -0.15) is 0 Å². The standard InChI is InChI=1S/C15H26O/c1-13(2)7-5-8-14(3)9-6-10-15(4)11-12-16/h7-8,11,16H,5-6,9-10,12H2,1-4H3/b14-8+,15-11+. The molecule has 0 atom stereocenters. The van der Waals surface area contributed by atoms with Gasteiger partial charge in [0.25, 0.3) is 0 Å². The maximum atomic E-state index is 8.72. The predicted octanol–water partition coefficient (Wildman–Crippen LogP) is 4.40. The molecule has 1 nitrogen and oxygen atoms in total. The molecule has 0 amide bonds. The molecule has 0 aliphatic heterocycles. The fourth-order valence-electron chi connectivity index (χ4n) is 1.50. The van der Waals surface area contributed by atoms with Crippen LogP contribution in [0.5, 0.6) is 0 Å². The summed E-state index contributed by atoms with van der Waals surface area (Å²) in [4.78, 5) is 0. The lowest BCUT2D eigenvalue weighted by Gasteiger charge is -2.02. The van der Waals surface area contributed by atoms with Gasteiger partial charge in [0, 0.05) is 0 Å². The Morgan fingerprint density at radius 2 is 1.44 bits per heavy atom. The van der Waals surface area contributed by atoms with Crippen LogP contribution >= 0.6 is 0 Å². The van der Waals surface area contributed by atoms with Crippen molar-refractivity contribution < 1.29 is 5.11 Å². The van der Waals surface area contributed by atoms with Crippen molar-refractivity contribution in [2.24, 2.45) is 0 Å². The topological polar surface area (TPSA) is 20.2 Å². The van der Waals surface area contributed by atoms with Gasteiger partial charge in [0.1, 0.15) is 0 Å². The van der Waals surface area contributed by atoms with Gasteiger partial charge in [-0.05, 0) is 53.4 Å². The van der Waals surface area contributed by atoms with E-state index in [9.17, 15) is 0 Å². The predicted molar refractivity (Wildman–Crippen MR) is 72.5 cm³/mol. The van der Waals surface area contributed by atoms with Crippen molar-refractivity contribution in [1.29, 1.82) is 0 Å². The van der Waals surface area contributed by atoms with E-state index in [1.54, 1.807) is 0 Å². The third-order valence-corrected chi connectivity index (χ3v) is 2.57. The summed E-state index contributed by atoms with van der Waals surface area (Å²) in [6.07, 6.45) is 10.9. The van der Waals surface area contributed by atoms with Gasteiger partial charge >= 0.3 is 0 Å². The molecule has 92 valence electrons. The molecule has 0 saturated heterocycles. The lowest BCUT2D eigenvalue weighted by Crippen LogP contribution is -1.84. The normalized spacial score (nSPS) is 12.8. The highest BCUT2D eigenvalue weighted by Crippen LogP contribution is 2.12. The molecule has 0 spiro atoms. The molecule has 1 N–H and O–H groups in total. The van der Waals surface area contributed by atoms with Crippen molar-refractivity contribution in [2.75, 3.05) is 6.61 Å². The van der Waals surface area contributed by atoms with Crippen LogP contribution < -0.4 is 0 Å². The molecule has 0 aromatic heterocycles. The summed E-state index contributed by atoms with van der Waals surface area (Å²) in [5.74, 6) is 0. The number of allylic oxidation sites excluding steroid dienone is 5. The zero-order chi connectivity index (χ0) is 12.4. The Morgan fingerprint density at radius 3 is 1.94 bits per heavy atom. The van der Waals surface area contributed by atoms with E-state index in [1.165, 1.54) is 23.1 Å². The fourth-order valence-corrected chi connectivity index (χ4v) is 1.50. The molecular formula is C15H26O. The monoisotopic (exact) mass is 222 g/mol. The zero-order valence-electron chi connectivity index (χ0n) is 11.2. The van der Waals surface area contributed by atoms with Gasteiger partial charge in [-0.3, -0.25) is 0 Å². The van der Waals surface area contributed by atoms with Gasteiger partial charge < -0.3 is 5.11 Å². The first-order valence-electron chi connectivity index (χ1n) is 6.11.